The van der Waals surface area contributed by atoms with Gasteiger partial charge in [-0.2, -0.15) is 13.2 Å². The molecule has 2 aromatic rings. The van der Waals surface area contributed by atoms with E-state index < -0.39 is 28.9 Å². The lowest BCUT2D eigenvalue weighted by atomic mass is 10.1. The van der Waals surface area contributed by atoms with E-state index in [1.54, 1.807) is 20.8 Å². The van der Waals surface area contributed by atoms with Crippen molar-refractivity contribution in [3.63, 3.8) is 0 Å². The smallest absolute Gasteiger partial charge is 0.390 e. The third-order valence-corrected chi connectivity index (χ3v) is 3.61. The molecule has 0 radical (unpaired) electrons. The molecule has 6 nitrogen and oxygen atoms in total. The number of nitrogens with zero attached hydrogens (tertiary/aromatic N) is 3. The molecule has 0 aliphatic carbocycles. The third-order valence-electron chi connectivity index (χ3n) is 3.61. The highest BCUT2D eigenvalue weighted by atomic mass is 19.4. The Morgan fingerprint density at radius 2 is 1.77 bits per heavy atom. The number of amides is 1. The lowest BCUT2D eigenvalue weighted by Crippen LogP contribution is -2.30. The first-order chi connectivity index (χ1) is 11.6. The number of fused-ring (bicyclic) bond motifs is 1. The van der Waals surface area contributed by atoms with Gasteiger partial charge in [0.1, 0.15) is 11.2 Å². The van der Waals surface area contributed by atoms with E-state index in [-0.39, 0.29) is 29.1 Å². The molecule has 0 unspecified atom stereocenters. The number of nitrogens with one attached hydrogen (secondary N) is 1. The van der Waals surface area contributed by atoms with Crippen LogP contribution in [0.3, 0.4) is 0 Å². The topological polar surface area (TPSA) is 80.0 Å². The van der Waals surface area contributed by atoms with Crippen LogP contribution in [0, 0.1) is 6.92 Å². The van der Waals surface area contributed by atoms with E-state index in [0.29, 0.717) is 0 Å². The Hall–Kier alpha value is -2.16. The zero-order valence-electron chi connectivity index (χ0n) is 15.6. The Morgan fingerprint density at radius 1 is 1.19 bits per heavy atom. The molecule has 0 fully saturated rings. The number of aliphatic hydroxyl groups is 1. The minimum absolute atomic E-state index is 0.0361. The summed E-state index contributed by atoms with van der Waals surface area (Å²) in [5, 5.41) is 12.3. The van der Waals surface area contributed by atoms with Crippen LogP contribution in [-0.2, 0) is 16.5 Å². The van der Waals surface area contributed by atoms with Gasteiger partial charge in [0, 0.05) is 5.54 Å². The lowest BCUT2D eigenvalue weighted by Gasteiger charge is -2.24. The SMILES string of the molecule is Cc1cc2nc(NC(=O)CC(C)(C)O)n(C(C)(C)C)c2nc1C(F)(F)F. The van der Waals surface area contributed by atoms with Gasteiger partial charge in [-0.15, -0.1) is 0 Å². The second kappa shape index (κ2) is 6.22. The van der Waals surface area contributed by atoms with Gasteiger partial charge in [-0.05, 0) is 53.2 Å². The Bertz CT molecular complexity index is 843. The first-order valence-electron chi connectivity index (χ1n) is 8.09. The monoisotopic (exact) mass is 372 g/mol. The molecule has 2 N–H and O–H groups in total. The fourth-order valence-corrected chi connectivity index (χ4v) is 2.67. The molecule has 2 rings (SSSR count). The maximum atomic E-state index is 13.2. The van der Waals surface area contributed by atoms with Crippen molar-refractivity contribution in [2.75, 3.05) is 5.32 Å². The first kappa shape index (κ1) is 20.2. The van der Waals surface area contributed by atoms with Crippen LogP contribution in [0.5, 0.6) is 0 Å². The molecule has 2 heterocycles. The van der Waals surface area contributed by atoms with Gasteiger partial charge in [0.05, 0.1) is 12.0 Å². The zero-order valence-corrected chi connectivity index (χ0v) is 15.6. The summed E-state index contributed by atoms with van der Waals surface area (Å²) in [5.74, 6) is -0.404. The first-order valence-corrected chi connectivity index (χ1v) is 8.09. The summed E-state index contributed by atoms with van der Waals surface area (Å²) in [7, 11) is 0. The van der Waals surface area contributed by atoms with E-state index in [1.165, 1.54) is 31.4 Å². The van der Waals surface area contributed by atoms with Gasteiger partial charge in [-0.25, -0.2) is 9.97 Å². The number of carbonyl (C=O) groups excluding carboxylic acids is 1. The largest absolute Gasteiger partial charge is 0.433 e. The van der Waals surface area contributed by atoms with Gasteiger partial charge in [0.2, 0.25) is 11.9 Å². The quantitative estimate of drug-likeness (QED) is 0.863. The number of rotatable bonds is 3. The number of imidazole rings is 1. The predicted molar refractivity (Wildman–Crippen MR) is 91.8 cm³/mol. The van der Waals surface area contributed by atoms with Gasteiger partial charge in [-0.1, -0.05) is 0 Å². The molecule has 26 heavy (non-hydrogen) atoms. The van der Waals surface area contributed by atoms with Gasteiger partial charge < -0.3 is 5.11 Å². The average Bonchev–Trinajstić information content (AvgIpc) is 2.70. The summed E-state index contributed by atoms with van der Waals surface area (Å²) >= 11 is 0. The van der Waals surface area contributed by atoms with E-state index in [1.807, 2.05) is 0 Å². The van der Waals surface area contributed by atoms with E-state index in [9.17, 15) is 23.1 Å². The number of anilines is 1. The molecular weight excluding hydrogens is 349 g/mol. The molecule has 9 heteroatoms. The summed E-state index contributed by atoms with van der Waals surface area (Å²) in [5.41, 5.74) is -2.64. The molecule has 0 saturated carbocycles. The van der Waals surface area contributed by atoms with Crippen molar-refractivity contribution in [3.8, 4) is 0 Å². The molecular formula is C17H23F3N4O2. The number of carbonyl (C=O) groups is 1. The maximum Gasteiger partial charge on any atom is 0.433 e. The van der Waals surface area contributed by atoms with Gasteiger partial charge in [-0.3, -0.25) is 14.7 Å². The molecule has 0 aliphatic heterocycles. The summed E-state index contributed by atoms with van der Waals surface area (Å²) in [6.45, 7) is 9.61. The van der Waals surface area contributed by atoms with E-state index in [0.717, 1.165) is 0 Å². The fourth-order valence-electron chi connectivity index (χ4n) is 2.67. The number of aryl methyl sites for hydroxylation is 1. The molecule has 0 atom stereocenters. The zero-order chi connectivity index (χ0) is 20.1. The highest BCUT2D eigenvalue weighted by Gasteiger charge is 2.36. The minimum atomic E-state index is -4.59. The standard InChI is InChI=1S/C17H23F3N4O2/c1-9-7-10-13(23-12(9)17(18,19)20)24(15(2,3)4)14(21-10)22-11(25)8-16(5,6)26/h7,26H,8H2,1-6H3,(H,21,22,25). The van der Waals surface area contributed by atoms with Gasteiger partial charge in [0.15, 0.2) is 5.65 Å². The maximum absolute atomic E-state index is 13.2. The highest BCUT2D eigenvalue weighted by Crippen LogP contribution is 2.34. The van der Waals surface area contributed by atoms with Crippen molar-refractivity contribution in [1.29, 1.82) is 0 Å². The Kier molecular flexibility index (Phi) is 4.82. The number of hydrogen-bond acceptors (Lipinski definition) is 4. The van der Waals surface area contributed by atoms with Crippen LogP contribution in [0.4, 0.5) is 19.1 Å². The van der Waals surface area contributed by atoms with Crippen LogP contribution in [0.2, 0.25) is 0 Å². The normalized spacial score (nSPS) is 13.3. The highest BCUT2D eigenvalue weighted by molar-refractivity contribution is 5.91. The molecule has 0 spiro atoms. The fraction of sp³-hybridized carbons (Fsp3) is 0.588. The van der Waals surface area contributed by atoms with Crippen molar-refractivity contribution >= 4 is 23.0 Å². The second-order valence-electron chi connectivity index (χ2n) is 7.97. The summed E-state index contributed by atoms with van der Waals surface area (Å²) < 4.78 is 41.1. The predicted octanol–water partition coefficient (Wildman–Crippen LogP) is 3.61. The molecule has 0 aliphatic rings. The van der Waals surface area contributed by atoms with E-state index in [2.05, 4.69) is 15.3 Å². The second-order valence-corrected chi connectivity index (χ2v) is 7.97. The van der Waals surface area contributed by atoms with Crippen LogP contribution >= 0.6 is 0 Å². The Labute approximate surface area is 149 Å². The number of pyridine rings is 1. The molecule has 0 aromatic carbocycles. The van der Waals surface area contributed by atoms with Gasteiger partial charge >= 0.3 is 6.18 Å². The molecule has 1 amide bonds. The van der Waals surface area contributed by atoms with Crippen LogP contribution < -0.4 is 5.32 Å². The summed E-state index contributed by atoms with van der Waals surface area (Å²) in [6, 6.07) is 1.30. The van der Waals surface area contributed by atoms with Crippen molar-refractivity contribution in [3.05, 3.63) is 17.3 Å². The van der Waals surface area contributed by atoms with Crippen LogP contribution in [-0.4, -0.2) is 31.1 Å². The number of aromatic nitrogens is 3. The average molecular weight is 372 g/mol. The van der Waals surface area contributed by atoms with Crippen LogP contribution in [0.25, 0.3) is 11.2 Å². The molecule has 0 saturated heterocycles. The van der Waals surface area contributed by atoms with Crippen LogP contribution in [0.1, 0.15) is 52.3 Å². The third kappa shape index (κ3) is 4.32. The van der Waals surface area contributed by atoms with Crippen molar-refractivity contribution in [2.24, 2.45) is 0 Å². The molecule has 144 valence electrons. The lowest BCUT2D eigenvalue weighted by molar-refractivity contribution is -0.141. The summed E-state index contributed by atoms with van der Waals surface area (Å²) in [6.07, 6.45) is -4.77. The minimum Gasteiger partial charge on any atom is -0.390 e. The summed E-state index contributed by atoms with van der Waals surface area (Å²) in [4.78, 5) is 20.2. The Morgan fingerprint density at radius 3 is 2.23 bits per heavy atom. The number of halogens is 3. The number of alkyl halides is 3. The van der Waals surface area contributed by atoms with Crippen molar-refractivity contribution in [1.82, 2.24) is 14.5 Å². The van der Waals surface area contributed by atoms with Gasteiger partial charge in [0.25, 0.3) is 0 Å². The number of hydrogen-bond donors (Lipinski definition) is 2. The molecule has 2 aromatic heterocycles. The Balaban J connectivity index is 2.63. The van der Waals surface area contributed by atoms with Crippen molar-refractivity contribution < 1.29 is 23.1 Å². The molecule has 0 bridgehead atoms. The van der Waals surface area contributed by atoms with Crippen molar-refractivity contribution in [2.45, 2.75) is 65.3 Å². The van der Waals surface area contributed by atoms with E-state index in [4.69, 9.17) is 0 Å². The van der Waals surface area contributed by atoms with E-state index >= 15 is 0 Å². The van der Waals surface area contributed by atoms with Crippen LogP contribution in [0.15, 0.2) is 6.07 Å².